The molecule has 0 aliphatic carbocycles. The van der Waals surface area contributed by atoms with Gasteiger partial charge in [0.05, 0.1) is 45.7 Å². The lowest BCUT2D eigenvalue weighted by atomic mass is 9.73. The van der Waals surface area contributed by atoms with Crippen molar-refractivity contribution < 1.29 is 23.7 Å². The molecule has 2 bridgehead atoms. The van der Waals surface area contributed by atoms with Crippen LogP contribution in [0.5, 0.6) is 17.2 Å². The number of benzene rings is 1. The summed E-state index contributed by atoms with van der Waals surface area (Å²) in [6.45, 7) is 7.22. The van der Waals surface area contributed by atoms with Crippen LogP contribution in [0.4, 0.5) is 0 Å². The quantitative estimate of drug-likeness (QED) is 0.734. The highest BCUT2D eigenvalue weighted by molar-refractivity contribution is 5.53. The molecule has 5 nitrogen and oxygen atoms in total. The van der Waals surface area contributed by atoms with Gasteiger partial charge >= 0.3 is 0 Å². The van der Waals surface area contributed by atoms with Gasteiger partial charge in [0, 0.05) is 17.7 Å². The zero-order valence-corrected chi connectivity index (χ0v) is 15.6. The van der Waals surface area contributed by atoms with Gasteiger partial charge in [-0.25, -0.2) is 0 Å². The molecule has 2 heterocycles. The Labute approximate surface area is 149 Å². The highest BCUT2D eigenvalue weighted by atomic mass is 16.6. The zero-order valence-electron chi connectivity index (χ0n) is 15.6. The zero-order chi connectivity index (χ0) is 18.1. The number of fused-ring (bicyclic) bond motifs is 2. The van der Waals surface area contributed by atoms with Crippen molar-refractivity contribution in [2.45, 2.75) is 43.3 Å². The lowest BCUT2D eigenvalue weighted by Crippen LogP contribution is -2.58. The monoisotopic (exact) mass is 348 g/mol. The molecule has 3 atom stereocenters. The van der Waals surface area contributed by atoms with Crippen LogP contribution in [0.25, 0.3) is 0 Å². The Morgan fingerprint density at radius 3 is 2.36 bits per heavy atom. The first kappa shape index (κ1) is 18.1. The first-order chi connectivity index (χ1) is 12.0. The summed E-state index contributed by atoms with van der Waals surface area (Å²) in [5.74, 6) is 2.55. The van der Waals surface area contributed by atoms with Crippen molar-refractivity contribution in [1.29, 1.82) is 0 Å². The average Bonchev–Trinajstić information content (AvgIpc) is 2.59. The maximum Gasteiger partial charge on any atom is 0.129 e. The van der Waals surface area contributed by atoms with E-state index < -0.39 is 0 Å². The van der Waals surface area contributed by atoms with Gasteiger partial charge in [-0.2, -0.15) is 0 Å². The van der Waals surface area contributed by atoms with Crippen molar-refractivity contribution in [3.63, 3.8) is 0 Å². The molecule has 0 saturated carbocycles. The molecule has 2 aliphatic rings. The molecule has 2 saturated heterocycles. The highest BCUT2D eigenvalue weighted by Gasteiger charge is 2.51. The van der Waals surface area contributed by atoms with Crippen molar-refractivity contribution in [2.24, 2.45) is 0 Å². The molecule has 2 fully saturated rings. The molecule has 25 heavy (non-hydrogen) atoms. The number of ether oxygens (including phenoxy) is 5. The Hall–Kier alpha value is -1.72. The van der Waals surface area contributed by atoms with Crippen LogP contribution in [0.15, 0.2) is 24.8 Å². The van der Waals surface area contributed by atoms with Gasteiger partial charge in [-0.15, -0.1) is 6.58 Å². The molecule has 2 aliphatic heterocycles. The maximum absolute atomic E-state index is 6.48. The van der Waals surface area contributed by atoms with Gasteiger partial charge in [-0.1, -0.05) is 6.08 Å². The summed E-state index contributed by atoms with van der Waals surface area (Å²) in [6, 6.07) is 3.84. The molecule has 1 aromatic carbocycles. The predicted octanol–water partition coefficient (Wildman–Crippen LogP) is 3.71. The number of hydrogen-bond donors (Lipinski definition) is 0. The van der Waals surface area contributed by atoms with Gasteiger partial charge in [0.1, 0.15) is 17.2 Å². The van der Waals surface area contributed by atoms with E-state index in [0.29, 0.717) is 13.2 Å². The second-order valence-electron chi connectivity index (χ2n) is 7.27. The second kappa shape index (κ2) is 6.89. The number of methoxy groups -OCH3 is 3. The summed E-state index contributed by atoms with van der Waals surface area (Å²) in [4.78, 5) is 0. The summed E-state index contributed by atoms with van der Waals surface area (Å²) in [5.41, 5.74) is 0.420. The predicted molar refractivity (Wildman–Crippen MR) is 95.9 cm³/mol. The second-order valence-corrected chi connectivity index (χ2v) is 7.27. The Balaban J connectivity index is 2.05. The Kier molecular flexibility index (Phi) is 4.98. The molecule has 0 N–H and O–H groups in total. The summed E-state index contributed by atoms with van der Waals surface area (Å²) >= 11 is 0. The molecular weight excluding hydrogens is 320 g/mol. The van der Waals surface area contributed by atoms with Crippen LogP contribution in [0.2, 0.25) is 0 Å². The normalized spacial score (nSPS) is 31.3. The van der Waals surface area contributed by atoms with E-state index in [1.54, 1.807) is 21.3 Å². The third kappa shape index (κ3) is 3.35. The standard InChI is InChI=1S/C20H28O5/c1-6-7-20-11-14(10-19(2,25-20)12-24-13-20)18-16(22-4)8-15(21-3)9-17(18)23-5/h6,8-9,14H,1,7,10-13H2,2-5H3/t14-,19+,20-/m0/s1. The molecule has 138 valence electrons. The van der Waals surface area contributed by atoms with Crippen LogP contribution in [0.3, 0.4) is 0 Å². The molecule has 0 unspecified atom stereocenters. The van der Waals surface area contributed by atoms with Crippen LogP contribution in [0.1, 0.15) is 37.7 Å². The third-order valence-corrected chi connectivity index (χ3v) is 5.21. The molecule has 0 radical (unpaired) electrons. The minimum Gasteiger partial charge on any atom is -0.496 e. The van der Waals surface area contributed by atoms with E-state index in [1.807, 2.05) is 18.2 Å². The highest BCUT2D eigenvalue weighted by Crippen LogP contribution is 2.52. The van der Waals surface area contributed by atoms with Gasteiger partial charge < -0.3 is 23.7 Å². The van der Waals surface area contributed by atoms with E-state index in [4.69, 9.17) is 23.7 Å². The maximum atomic E-state index is 6.48. The average molecular weight is 348 g/mol. The molecule has 5 heteroatoms. The van der Waals surface area contributed by atoms with E-state index in [-0.39, 0.29) is 17.1 Å². The molecule has 3 rings (SSSR count). The molecule has 0 amide bonds. The Bertz CT molecular complexity index is 618. The van der Waals surface area contributed by atoms with Gasteiger partial charge in [0.25, 0.3) is 0 Å². The first-order valence-corrected chi connectivity index (χ1v) is 8.67. The summed E-state index contributed by atoms with van der Waals surface area (Å²) < 4.78 is 29.1. The smallest absolute Gasteiger partial charge is 0.129 e. The van der Waals surface area contributed by atoms with Crippen molar-refractivity contribution in [3.05, 3.63) is 30.4 Å². The van der Waals surface area contributed by atoms with Crippen LogP contribution in [0, 0.1) is 0 Å². The van der Waals surface area contributed by atoms with Gasteiger partial charge in [0.15, 0.2) is 0 Å². The fourth-order valence-corrected chi connectivity index (χ4v) is 4.36. The van der Waals surface area contributed by atoms with Crippen molar-refractivity contribution in [2.75, 3.05) is 34.5 Å². The summed E-state index contributed by atoms with van der Waals surface area (Å²) in [7, 11) is 5.01. The molecule has 0 aromatic heterocycles. The Morgan fingerprint density at radius 1 is 1.12 bits per heavy atom. The van der Waals surface area contributed by atoms with Crippen molar-refractivity contribution >= 4 is 0 Å². The van der Waals surface area contributed by atoms with E-state index in [0.717, 1.165) is 42.1 Å². The van der Waals surface area contributed by atoms with Crippen LogP contribution >= 0.6 is 0 Å². The van der Waals surface area contributed by atoms with Crippen LogP contribution < -0.4 is 14.2 Å². The molecule has 1 aromatic rings. The first-order valence-electron chi connectivity index (χ1n) is 8.67. The number of rotatable bonds is 6. The van der Waals surface area contributed by atoms with E-state index in [9.17, 15) is 0 Å². The van der Waals surface area contributed by atoms with Crippen LogP contribution in [-0.2, 0) is 9.47 Å². The Morgan fingerprint density at radius 2 is 1.80 bits per heavy atom. The largest absolute Gasteiger partial charge is 0.496 e. The van der Waals surface area contributed by atoms with E-state index in [2.05, 4.69) is 13.5 Å². The third-order valence-electron chi connectivity index (χ3n) is 5.21. The molecule has 0 spiro atoms. The lowest BCUT2D eigenvalue weighted by Gasteiger charge is -2.53. The van der Waals surface area contributed by atoms with E-state index >= 15 is 0 Å². The molecular formula is C20H28O5. The summed E-state index contributed by atoms with van der Waals surface area (Å²) in [6.07, 6.45) is 4.37. The van der Waals surface area contributed by atoms with Crippen molar-refractivity contribution in [3.8, 4) is 17.2 Å². The topological polar surface area (TPSA) is 46.2 Å². The van der Waals surface area contributed by atoms with Crippen molar-refractivity contribution in [1.82, 2.24) is 0 Å². The van der Waals surface area contributed by atoms with Gasteiger partial charge in [-0.3, -0.25) is 0 Å². The fourth-order valence-electron chi connectivity index (χ4n) is 4.36. The minimum absolute atomic E-state index is 0.249. The van der Waals surface area contributed by atoms with E-state index in [1.165, 1.54) is 0 Å². The van der Waals surface area contributed by atoms with Crippen LogP contribution in [-0.4, -0.2) is 45.7 Å². The summed E-state index contributed by atoms with van der Waals surface area (Å²) in [5, 5.41) is 0. The lowest BCUT2D eigenvalue weighted by molar-refractivity contribution is -0.270. The minimum atomic E-state index is -0.340. The van der Waals surface area contributed by atoms with Gasteiger partial charge in [0.2, 0.25) is 0 Å². The fraction of sp³-hybridized carbons (Fsp3) is 0.600. The SMILES string of the molecule is C=CC[C@@]12COC[C@@](C)(C[C@H](c3c(OC)cc(OC)cc3OC)C1)O2. The number of hydrogen-bond acceptors (Lipinski definition) is 5. The van der Waals surface area contributed by atoms with Gasteiger partial charge in [-0.05, 0) is 32.1 Å².